The minimum atomic E-state index is -0.941. The fraction of sp³-hybridized carbons (Fsp3) is 0.370. The van der Waals surface area contributed by atoms with Crippen LogP contribution < -0.4 is 10.3 Å². The Kier molecular flexibility index (Phi) is 7.75. The van der Waals surface area contributed by atoms with E-state index in [0.717, 1.165) is 48.1 Å². The number of carbonyl (C=O) groups is 1. The van der Waals surface area contributed by atoms with Gasteiger partial charge >= 0.3 is 5.97 Å². The maximum Gasteiger partial charge on any atom is 0.329 e. The first-order chi connectivity index (χ1) is 16.5. The number of benzene rings is 2. The van der Waals surface area contributed by atoms with Crippen LogP contribution in [0.15, 0.2) is 65.5 Å². The maximum absolute atomic E-state index is 13.1. The van der Waals surface area contributed by atoms with E-state index in [4.69, 9.17) is 19.7 Å². The molecule has 1 saturated carbocycles. The molecule has 1 fully saturated rings. The highest BCUT2D eigenvalue weighted by Gasteiger charge is 2.24. The molecule has 7 nitrogen and oxygen atoms in total. The van der Waals surface area contributed by atoms with Crippen LogP contribution >= 0.6 is 0 Å². The van der Waals surface area contributed by atoms with E-state index in [-0.39, 0.29) is 12.2 Å². The molecule has 0 bridgehead atoms. The van der Waals surface area contributed by atoms with Crippen molar-refractivity contribution in [2.24, 2.45) is 11.8 Å². The molecule has 178 valence electrons. The standard InChI is InChI=1S/C27H30N2O5/c1-33-24-10-6-5-9-22(24)27-23(21-7-3-2-4-8-21)15-25(30)29(28-27)16-19-11-13-20(14-12-19)17-34-18-26(31)32/h2-10,15,19-20H,11-14,16-18H2,1H3,(H,31,32)/t19-,20+. The average Bonchev–Trinajstić information content (AvgIpc) is 2.86. The number of para-hydroxylation sites is 1. The summed E-state index contributed by atoms with van der Waals surface area (Å²) in [6.45, 7) is 0.776. The van der Waals surface area contributed by atoms with Gasteiger partial charge in [-0.3, -0.25) is 4.79 Å². The molecule has 0 saturated heterocycles. The Labute approximate surface area is 199 Å². The smallest absolute Gasteiger partial charge is 0.329 e. The molecule has 2 aromatic carbocycles. The Morgan fingerprint density at radius 2 is 1.68 bits per heavy atom. The number of hydrogen-bond donors (Lipinski definition) is 1. The van der Waals surface area contributed by atoms with E-state index in [1.807, 2.05) is 54.6 Å². The topological polar surface area (TPSA) is 90.7 Å². The van der Waals surface area contributed by atoms with Gasteiger partial charge in [0.2, 0.25) is 0 Å². The molecule has 1 aromatic heterocycles. The number of rotatable bonds is 9. The third-order valence-electron chi connectivity index (χ3n) is 6.42. The second-order valence-electron chi connectivity index (χ2n) is 8.79. The molecule has 1 aliphatic carbocycles. The van der Waals surface area contributed by atoms with Crippen molar-refractivity contribution in [2.45, 2.75) is 32.2 Å². The van der Waals surface area contributed by atoms with Gasteiger partial charge in [-0.25, -0.2) is 9.48 Å². The molecule has 0 radical (unpaired) electrons. The summed E-state index contributed by atoms with van der Waals surface area (Å²) >= 11 is 0. The van der Waals surface area contributed by atoms with Gasteiger partial charge in [0, 0.05) is 23.7 Å². The van der Waals surface area contributed by atoms with Gasteiger partial charge in [-0.1, -0.05) is 42.5 Å². The summed E-state index contributed by atoms with van der Waals surface area (Å²) in [6.07, 6.45) is 3.83. The van der Waals surface area contributed by atoms with E-state index in [1.54, 1.807) is 17.9 Å². The van der Waals surface area contributed by atoms with Gasteiger partial charge in [0.05, 0.1) is 13.7 Å². The van der Waals surface area contributed by atoms with Crippen molar-refractivity contribution in [3.05, 3.63) is 71.0 Å². The van der Waals surface area contributed by atoms with Gasteiger partial charge in [0.25, 0.3) is 5.56 Å². The van der Waals surface area contributed by atoms with E-state index < -0.39 is 5.97 Å². The van der Waals surface area contributed by atoms with Crippen LogP contribution in [0.5, 0.6) is 5.75 Å². The maximum atomic E-state index is 13.1. The van der Waals surface area contributed by atoms with E-state index in [2.05, 4.69) is 0 Å². The molecule has 1 heterocycles. The summed E-state index contributed by atoms with van der Waals surface area (Å²) in [4.78, 5) is 23.7. The Morgan fingerprint density at radius 3 is 2.38 bits per heavy atom. The molecule has 1 N–H and O–H groups in total. The molecule has 4 rings (SSSR count). The zero-order valence-corrected chi connectivity index (χ0v) is 19.4. The van der Waals surface area contributed by atoms with Crippen molar-refractivity contribution in [1.29, 1.82) is 0 Å². The number of aromatic nitrogens is 2. The molecular formula is C27H30N2O5. The second kappa shape index (κ2) is 11.1. The Balaban J connectivity index is 1.58. The fourth-order valence-electron chi connectivity index (χ4n) is 4.64. The van der Waals surface area contributed by atoms with Crippen molar-refractivity contribution < 1.29 is 19.4 Å². The van der Waals surface area contributed by atoms with Crippen molar-refractivity contribution in [2.75, 3.05) is 20.3 Å². The lowest BCUT2D eigenvalue weighted by Gasteiger charge is -2.28. The van der Waals surface area contributed by atoms with Gasteiger partial charge in [0.15, 0.2) is 0 Å². The monoisotopic (exact) mass is 462 g/mol. The van der Waals surface area contributed by atoms with E-state index in [9.17, 15) is 9.59 Å². The lowest BCUT2D eigenvalue weighted by molar-refractivity contribution is -0.142. The zero-order chi connectivity index (χ0) is 23.9. The molecule has 1 aliphatic rings. The first-order valence-corrected chi connectivity index (χ1v) is 11.7. The zero-order valence-electron chi connectivity index (χ0n) is 19.4. The highest BCUT2D eigenvalue weighted by molar-refractivity contribution is 5.82. The van der Waals surface area contributed by atoms with Gasteiger partial charge in [-0.05, 0) is 55.2 Å². The number of carboxylic acids is 1. The van der Waals surface area contributed by atoms with Gasteiger partial charge < -0.3 is 14.6 Å². The fourth-order valence-corrected chi connectivity index (χ4v) is 4.64. The van der Waals surface area contributed by atoms with Crippen LogP contribution in [0.2, 0.25) is 0 Å². The number of ether oxygens (including phenoxy) is 2. The Hall–Kier alpha value is -3.45. The Morgan fingerprint density at radius 1 is 1.00 bits per heavy atom. The minimum absolute atomic E-state index is 0.121. The average molecular weight is 463 g/mol. The first-order valence-electron chi connectivity index (χ1n) is 11.7. The number of methoxy groups -OCH3 is 1. The molecule has 3 aromatic rings. The highest BCUT2D eigenvalue weighted by atomic mass is 16.5. The van der Waals surface area contributed by atoms with E-state index in [0.29, 0.717) is 30.7 Å². The molecule has 34 heavy (non-hydrogen) atoms. The van der Waals surface area contributed by atoms with Crippen molar-refractivity contribution >= 4 is 5.97 Å². The van der Waals surface area contributed by atoms with Crippen LogP contribution in [0.25, 0.3) is 22.4 Å². The molecule has 0 spiro atoms. The third kappa shape index (κ3) is 5.72. The first kappa shape index (κ1) is 23.7. The molecule has 0 amide bonds. The van der Waals surface area contributed by atoms with Gasteiger partial charge in [-0.15, -0.1) is 0 Å². The summed E-state index contributed by atoms with van der Waals surface area (Å²) in [6, 6.07) is 19.2. The van der Waals surface area contributed by atoms with Crippen molar-refractivity contribution in [1.82, 2.24) is 9.78 Å². The molecule has 0 aliphatic heterocycles. The number of aliphatic carboxylic acids is 1. The summed E-state index contributed by atoms with van der Waals surface area (Å²) in [5.74, 6) is 0.474. The molecule has 0 unspecified atom stereocenters. The van der Waals surface area contributed by atoms with Crippen LogP contribution in [0, 0.1) is 11.8 Å². The highest BCUT2D eigenvalue weighted by Crippen LogP contribution is 2.35. The van der Waals surface area contributed by atoms with Crippen molar-refractivity contribution in [3.63, 3.8) is 0 Å². The summed E-state index contributed by atoms with van der Waals surface area (Å²) in [5.41, 5.74) is 3.16. The minimum Gasteiger partial charge on any atom is -0.496 e. The van der Waals surface area contributed by atoms with Crippen LogP contribution in [0.3, 0.4) is 0 Å². The van der Waals surface area contributed by atoms with Crippen molar-refractivity contribution in [3.8, 4) is 28.1 Å². The predicted octanol–water partition coefficient (Wildman–Crippen LogP) is 4.49. The van der Waals surface area contributed by atoms with Crippen LogP contribution in [-0.4, -0.2) is 41.2 Å². The second-order valence-corrected chi connectivity index (χ2v) is 8.79. The number of carboxylic acid groups (broad SMARTS) is 1. The van der Waals surface area contributed by atoms with Gasteiger partial charge in [-0.2, -0.15) is 5.10 Å². The normalized spacial score (nSPS) is 17.9. The molecular weight excluding hydrogens is 432 g/mol. The van der Waals surface area contributed by atoms with Crippen LogP contribution in [-0.2, 0) is 16.1 Å². The Bertz CT molecular complexity index is 1170. The van der Waals surface area contributed by atoms with E-state index in [1.165, 1.54) is 0 Å². The number of nitrogens with zero attached hydrogens (tertiary/aromatic N) is 2. The largest absolute Gasteiger partial charge is 0.496 e. The molecule has 0 atom stereocenters. The quantitative estimate of drug-likeness (QED) is 0.504. The SMILES string of the molecule is COc1ccccc1-c1nn(C[C@H]2CC[C@@H](COCC(=O)O)CC2)c(=O)cc1-c1ccccc1. The summed E-state index contributed by atoms with van der Waals surface area (Å²) in [5, 5.41) is 13.6. The molecule has 7 heteroatoms. The van der Waals surface area contributed by atoms with E-state index >= 15 is 0 Å². The summed E-state index contributed by atoms with van der Waals surface area (Å²) in [7, 11) is 1.63. The lowest BCUT2D eigenvalue weighted by Crippen LogP contribution is -2.29. The van der Waals surface area contributed by atoms with Gasteiger partial charge in [0.1, 0.15) is 18.1 Å². The lowest BCUT2D eigenvalue weighted by atomic mass is 9.82. The predicted molar refractivity (Wildman–Crippen MR) is 130 cm³/mol. The number of hydrogen-bond acceptors (Lipinski definition) is 5. The third-order valence-corrected chi connectivity index (χ3v) is 6.42. The van der Waals surface area contributed by atoms with Crippen LogP contribution in [0.1, 0.15) is 25.7 Å². The van der Waals surface area contributed by atoms with Crippen LogP contribution in [0.4, 0.5) is 0 Å². The summed E-state index contributed by atoms with van der Waals surface area (Å²) < 4.78 is 12.4.